The van der Waals surface area contributed by atoms with Crippen molar-refractivity contribution >= 4 is 33.3 Å². The number of rotatable bonds is 2. The van der Waals surface area contributed by atoms with Crippen LogP contribution >= 0.6 is 11.3 Å². The third-order valence-corrected chi connectivity index (χ3v) is 5.29. The van der Waals surface area contributed by atoms with Crippen molar-refractivity contribution in [1.29, 1.82) is 0 Å². The van der Waals surface area contributed by atoms with Crippen molar-refractivity contribution in [1.82, 2.24) is 9.97 Å². The van der Waals surface area contributed by atoms with E-state index in [-0.39, 0.29) is 11.8 Å². The number of carbonyl (C=O) groups is 1. The Balaban J connectivity index is 2.05. The molecule has 0 bridgehead atoms. The first-order chi connectivity index (χ1) is 9.49. The Hall–Kier alpha value is -1.69. The molecule has 0 spiro atoms. The quantitative estimate of drug-likeness (QED) is 0.920. The van der Waals surface area contributed by atoms with Crippen LogP contribution in [0.3, 0.4) is 0 Å². The van der Waals surface area contributed by atoms with Crippen molar-refractivity contribution in [2.24, 2.45) is 11.8 Å². The molecule has 2 atom stereocenters. The van der Waals surface area contributed by atoms with Crippen molar-refractivity contribution in [2.75, 3.05) is 18.0 Å². The average Bonchev–Trinajstić information content (AvgIpc) is 2.91. The number of hydrogen-bond acceptors (Lipinski definition) is 5. The molecule has 1 N–H and O–H groups in total. The molecule has 1 aliphatic rings. The fraction of sp³-hybridized carbons (Fsp3) is 0.500. The Morgan fingerprint density at radius 2 is 2.15 bits per heavy atom. The van der Waals surface area contributed by atoms with E-state index in [2.05, 4.69) is 28.7 Å². The summed E-state index contributed by atoms with van der Waals surface area (Å²) in [5.41, 5.74) is 1.20. The van der Waals surface area contributed by atoms with E-state index in [1.807, 2.05) is 6.92 Å². The fourth-order valence-corrected chi connectivity index (χ4v) is 3.86. The van der Waals surface area contributed by atoms with Gasteiger partial charge in [-0.1, -0.05) is 6.92 Å². The maximum absolute atomic E-state index is 11.3. The van der Waals surface area contributed by atoms with Crippen molar-refractivity contribution in [3.05, 3.63) is 16.8 Å². The fourth-order valence-electron chi connectivity index (χ4n) is 2.86. The van der Waals surface area contributed by atoms with Crippen LogP contribution in [0.2, 0.25) is 0 Å². The van der Waals surface area contributed by atoms with Gasteiger partial charge in [0, 0.05) is 18.0 Å². The predicted molar refractivity (Wildman–Crippen MR) is 79.4 cm³/mol. The summed E-state index contributed by atoms with van der Waals surface area (Å²) in [6.07, 6.45) is 1.58. The van der Waals surface area contributed by atoms with Crippen LogP contribution in [0.1, 0.15) is 17.4 Å². The molecule has 1 saturated heterocycles. The zero-order valence-electron chi connectivity index (χ0n) is 11.8. The van der Waals surface area contributed by atoms with Gasteiger partial charge in [-0.05, 0) is 25.3 Å². The van der Waals surface area contributed by atoms with Crippen LogP contribution in [0.4, 0.5) is 5.82 Å². The first-order valence-electron chi connectivity index (χ1n) is 6.67. The van der Waals surface area contributed by atoms with Crippen molar-refractivity contribution in [2.45, 2.75) is 20.8 Å². The highest BCUT2D eigenvalue weighted by molar-refractivity contribution is 7.18. The van der Waals surface area contributed by atoms with E-state index >= 15 is 0 Å². The van der Waals surface area contributed by atoms with E-state index in [4.69, 9.17) is 0 Å². The molecular weight excluding hydrogens is 274 g/mol. The second-order valence-corrected chi connectivity index (χ2v) is 6.69. The standard InChI is InChI=1S/C14H17N3O2S/c1-7-4-17(5-10(7)14(18)19)12-11-8(2)9(3)20-13(11)16-6-15-12/h6-7,10H,4-5H2,1-3H3,(H,18,19)/t7-,10-/m1/s1. The highest BCUT2D eigenvalue weighted by Gasteiger charge is 2.36. The molecule has 2 aromatic rings. The molecule has 6 heteroatoms. The first-order valence-corrected chi connectivity index (χ1v) is 7.49. The minimum Gasteiger partial charge on any atom is -0.481 e. The number of carboxylic acid groups (broad SMARTS) is 1. The van der Waals surface area contributed by atoms with Gasteiger partial charge in [0.2, 0.25) is 0 Å². The summed E-state index contributed by atoms with van der Waals surface area (Å²) >= 11 is 1.67. The van der Waals surface area contributed by atoms with Crippen LogP contribution in [0, 0.1) is 25.7 Å². The molecule has 0 unspecified atom stereocenters. The summed E-state index contributed by atoms with van der Waals surface area (Å²) in [6.45, 7) is 7.41. The van der Waals surface area contributed by atoms with Crippen molar-refractivity contribution < 1.29 is 9.90 Å². The van der Waals surface area contributed by atoms with Gasteiger partial charge in [0.25, 0.3) is 0 Å². The molecule has 0 saturated carbocycles. The summed E-state index contributed by atoms with van der Waals surface area (Å²) in [7, 11) is 0. The van der Waals surface area contributed by atoms with E-state index in [1.165, 1.54) is 10.4 Å². The van der Waals surface area contributed by atoms with Gasteiger partial charge in [0.05, 0.1) is 11.3 Å². The zero-order valence-corrected chi connectivity index (χ0v) is 12.6. The van der Waals surface area contributed by atoms with Crippen molar-refractivity contribution in [3.63, 3.8) is 0 Å². The minimum absolute atomic E-state index is 0.137. The van der Waals surface area contributed by atoms with Crippen LogP contribution in [0.25, 0.3) is 10.2 Å². The Morgan fingerprint density at radius 1 is 1.40 bits per heavy atom. The molecule has 5 nitrogen and oxygen atoms in total. The molecule has 0 aromatic carbocycles. The molecule has 3 rings (SSSR count). The maximum atomic E-state index is 11.3. The summed E-state index contributed by atoms with van der Waals surface area (Å²) in [5, 5.41) is 10.3. The summed E-state index contributed by atoms with van der Waals surface area (Å²) in [4.78, 5) is 24.3. The monoisotopic (exact) mass is 291 g/mol. The number of aryl methyl sites for hydroxylation is 2. The van der Waals surface area contributed by atoms with E-state index in [0.717, 1.165) is 22.6 Å². The van der Waals surface area contributed by atoms with Gasteiger partial charge in [-0.15, -0.1) is 11.3 Å². The van der Waals surface area contributed by atoms with E-state index in [1.54, 1.807) is 17.7 Å². The number of anilines is 1. The third-order valence-electron chi connectivity index (χ3n) is 4.17. The predicted octanol–water partition coefficient (Wildman–Crippen LogP) is 2.47. The molecule has 2 aromatic heterocycles. The van der Waals surface area contributed by atoms with Crippen LogP contribution in [0.15, 0.2) is 6.33 Å². The normalized spacial score (nSPS) is 22.6. The lowest BCUT2D eigenvalue weighted by molar-refractivity contribution is -0.142. The van der Waals surface area contributed by atoms with Crippen LogP contribution in [-0.4, -0.2) is 34.1 Å². The van der Waals surface area contributed by atoms with Gasteiger partial charge >= 0.3 is 5.97 Å². The van der Waals surface area contributed by atoms with Crippen LogP contribution in [0.5, 0.6) is 0 Å². The van der Waals surface area contributed by atoms with Gasteiger partial charge in [-0.3, -0.25) is 4.79 Å². The molecule has 1 aliphatic heterocycles. The number of carboxylic acids is 1. The Kier molecular flexibility index (Phi) is 3.12. The largest absolute Gasteiger partial charge is 0.481 e. The Labute approximate surface area is 121 Å². The molecule has 0 radical (unpaired) electrons. The lowest BCUT2D eigenvalue weighted by Crippen LogP contribution is -2.24. The van der Waals surface area contributed by atoms with E-state index in [0.29, 0.717) is 6.54 Å². The zero-order chi connectivity index (χ0) is 14.4. The first kappa shape index (κ1) is 13.3. The molecule has 106 valence electrons. The number of fused-ring (bicyclic) bond motifs is 1. The highest BCUT2D eigenvalue weighted by Crippen LogP contribution is 2.37. The van der Waals surface area contributed by atoms with Crippen LogP contribution < -0.4 is 4.90 Å². The maximum Gasteiger partial charge on any atom is 0.308 e. The van der Waals surface area contributed by atoms with Crippen LogP contribution in [-0.2, 0) is 4.79 Å². The van der Waals surface area contributed by atoms with E-state index in [9.17, 15) is 9.90 Å². The molecule has 0 amide bonds. The summed E-state index contributed by atoms with van der Waals surface area (Å²) < 4.78 is 0. The smallest absolute Gasteiger partial charge is 0.308 e. The number of aromatic nitrogens is 2. The number of nitrogens with zero attached hydrogens (tertiary/aromatic N) is 3. The van der Waals surface area contributed by atoms with Gasteiger partial charge in [0.1, 0.15) is 17.0 Å². The number of thiophene rings is 1. The Bertz CT molecular complexity index is 682. The van der Waals surface area contributed by atoms with Gasteiger partial charge in [0.15, 0.2) is 0 Å². The second kappa shape index (κ2) is 4.70. The lowest BCUT2D eigenvalue weighted by atomic mass is 9.99. The average molecular weight is 291 g/mol. The molecule has 1 fully saturated rings. The lowest BCUT2D eigenvalue weighted by Gasteiger charge is -2.18. The molecule has 20 heavy (non-hydrogen) atoms. The van der Waals surface area contributed by atoms with Gasteiger partial charge in [-0.25, -0.2) is 9.97 Å². The molecule has 3 heterocycles. The molecule has 0 aliphatic carbocycles. The topological polar surface area (TPSA) is 66.3 Å². The van der Waals surface area contributed by atoms with Gasteiger partial charge in [-0.2, -0.15) is 0 Å². The molecular formula is C14H17N3O2S. The van der Waals surface area contributed by atoms with E-state index < -0.39 is 5.97 Å². The third kappa shape index (κ3) is 1.95. The van der Waals surface area contributed by atoms with Gasteiger partial charge < -0.3 is 10.0 Å². The Morgan fingerprint density at radius 3 is 2.80 bits per heavy atom. The summed E-state index contributed by atoms with van der Waals surface area (Å²) in [5.74, 6) is -0.0198. The number of hydrogen-bond donors (Lipinski definition) is 1. The summed E-state index contributed by atoms with van der Waals surface area (Å²) in [6, 6.07) is 0. The number of aliphatic carboxylic acids is 1. The SMILES string of the molecule is Cc1sc2ncnc(N3C[C@@H](C)[C@H](C(=O)O)C3)c2c1C. The van der Waals surface area contributed by atoms with Crippen molar-refractivity contribution in [3.8, 4) is 0 Å². The minimum atomic E-state index is -0.719. The highest BCUT2D eigenvalue weighted by atomic mass is 32.1. The second-order valence-electron chi connectivity index (χ2n) is 5.49.